The van der Waals surface area contributed by atoms with Crippen molar-refractivity contribution in [1.29, 1.82) is 0 Å². The molecule has 0 unspecified atom stereocenters. The van der Waals surface area contributed by atoms with Gasteiger partial charge in [-0.15, -0.1) is 0 Å². The number of carbonyl (C=O) groups excluding carboxylic acids is 2. The maximum absolute atomic E-state index is 13.0. The molecule has 0 saturated carbocycles. The Hall–Kier alpha value is -3.31. The van der Waals surface area contributed by atoms with E-state index < -0.39 is 0 Å². The van der Waals surface area contributed by atoms with Crippen LogP contribution in [0.15, 0.2) is 72.8 Å². The number of anilines is 2. The fourth-order valence-electron chi connectivity index (χ4n) is 3.94. The zero-order chi connectivity index (χ0) is 22.5. The molecule has 6 heteroatoms. The number of rotatable bonds is 5. The maximum atomic E-state index is 13.0. The van der Waals surface area contributed by atoms with Crippen molar-refractivity contribution in [1.82, 2.24) is 4.90 Å². The van der Waals surface area contributed by atoms with Gasteiger partial charge in [0.05, 0.1) is 11.4 Å². The van der Waals surface area contributed by atoms with Crippen molar-refractivity contribution in [2.75, 3.05) is 36.4 Å². The molecule has 5 nitrogen and oxygen atoms in total. The lowest BCUT2D eigenvalue weighted by atomic mass is 10.0. The van der Waals surface area contributed by atoms with Crippen LogP contribution in [0.5, 0.6) is 0 Å². The minimum atomic E-state index is -0.187. The van der Waals surface area contributed by atoms with Gasteiger partial charge in [-0.1, -0.05) is 61.0 Å². The minimum absolute atomic E-state index is 0.174. The molecule has 3 aromatic carbocycles. The van der Waals surface area contributed by atoms with E-state index in [2.05, 4.69) is 10.2 Å². The summed E-state index contributed by atoms with van der Waals surface area (Å²) in [5.74, 6) is -0.0128. The molecule has 164 valence electrons. The first kappa shape index (κ1) is 21.9. The van der Waals surface area contributed by atoms with Crippen LogP contribution >= 0.6 is 11.6 Å². The third-order valence-electron chi connectivity index (χ3n) is 5.74. The molecule has 0 bridgehead atoms. The van der Waals surface area contributed by atoms with Crippen LogP contribution in [-0.4, -0.2) is 42.9 Å². The van der Waals surface area contributed by atoms with Crippen LogP contribution in [0.3, 0.4) is 0 Å². The molecular weight excluding hydrogens is 422 g/mol. The number of nitrogens with one attached hydrogen (secondary N) is 1. The van der Waals surface area contributed by atoms with E-state index in [1.807, 2.05) is 78.6 Å². The molecule has 1 heterocycles. The summed E-state index contributed by atoms with van der Waals surface area (Å²) in [5, 5.41) is 3.58. The Labute approximate surface area is 193 Å². The van der Waals surface area contributed by atoms with Gasteiger partial charge >= 0.3 is 0 Å². The Morgan fingerprint density at radius 2 is 1.53 bits per heavy atom. The molecule has 1 fully saturated rings. The van der Waals surface area contributed by atoms with E-state index in [1.54, 1.807) is 6.07 Å². The molecule has 3 aromatic rings. The monoisotopic (exact) mass is 447 g/mol. The third kappa shape index (κ3) is 4.94. The fourth-order valence-corrected chi connectivity index (χ4v) is 4.12. The predicted molar refractivity (Wildman–Crippen MR) is 130 cm³/mol. The predicted octanol–water partition coefficient (Wildman–Crippen LogP) is 5.32. The van der Waals surface area contributed by atoms with Gasteiger partial charge in [0.1, 0.15) is 0 Å². The Bertz CT molecular complexity index is 1090. The molecule has 0 aromatic heterocycles. The Morgan fingerprint density at radius 3 is 2.19 bits per heavy atom. The standard InChI is InChI=1S/C26H26ClN3O2/c1-2-25(31)30-16-14-29(15-17-30)24-13-12-22(27)18-23(24)28-26(32)21-10-8-20(9-11-21)19-6-4-3-5-7-19/h3-13,18H,2,14-17H2,1H3,(H,28,32). The van der Waals surface area contributed by atoms with Gasteiger partial charge in [-0.05, 0) is 41.5 Å². The van der Waals surface area contributed by atoms with Crippen LogP contribution < -0.4 is 10.2 Å². The number of hydrogen-bond acceptors (Lipinski definition) is 3. The second kappa shape index (κ2) is 9.88. The van der Waals surface area contributed by atoms with Crippen LogP contribution in [-0.2, 0) is 4.79 Å². The smallest absolute Gasteiger partial charge is 0.255 e. The highest BCUT2D eigenvalue weighted by Crippen LogP contribution is 2.31. The average Bonchev–Trinajstić information content (AvgIpc) is 2.84. The molecule has 4 rings (SSSR count). The van der Waals surface area contributed by atoms with E-state index in [4.69, 9.17) is 11.6 Å². The Morgan fingerprint density at radius 1 is 0.875 bits per heavy atom. The second-order valence-electron chi connectivity index (χ2n) is 7.78. The first-order valence-electron chi connectivity index (χ1n) is 10.8. The van der Waals surface area contributed by atoms with Gasteiger partial charge < -0.3 is 15.1 Å². The number of benzene rings is 3. The number of piperazine rings is 1. The molecular formula is C26H26ClN3O2. The summed E-state index contributed by atoms with van der Waals surface area (Å²) >= 11 is 6.23. The van der Waals surface area contributed by atoms with E-state index in [0.29, 0.717) is 48.9 Å². The topological polar surface area (TPSA) is 52.7 Å². The first-order valence-corrected chi connectivity index (χ1v) is 11.2. The van der Waals surface area contributed by atoms with Crippen molar-refractivity contribution in [3.63, 3.8) is 0 Å². The summed E-state index contributed by atoms with van der Waals surface area (Å²) in [6.45, 7) is 4.64. The summed E-state index contributed by atoms with van der Waals surface area (Å²) in [6.07, 6.45) is 0.519. The minimum Gasteiger partial charge on any atom is -0.366 e. The fraction of sp³-hybridized carbons (Fsp3) is 0.231. The summed E-state index contributed by atoms with van der Waals surface area (Å²) < 4.78 is 0. The molecule has 2 amide bonds. The maximum Gasteiger partial charge on any atom is 0.255 e. The Balaban J connectivity index is 1.49. The second-order valence-corrected chi connectivity index (χ2v) is 8.22. The molecule has 1 N–H and O–H groups in total. The molecule has 0 radical (unpaired) electrons. The van der Waals surface area contributed by atoms with Crippen LogP contribution in [0.4, 0.5) is 11.4 Å². The zero-order valence-corrected chi connectivity index (χ0v) is 18.8. The van der Waals surface area contributed by atoms with Gasteiger partial charge in [0.15, 0.2) is 0 Å². The number of halogens is 1. The van der Waals surface area contributed by atoms with Crippen molar-refractivity contribution in [2.24, 2.45) is 0 Å². The number of hydrogen-bond donors (Lipinski definition) is 1. The van der Waals surface area contributed by atoms with Gasteiger partial charge in [0, 0.05) is 43.2 Å². The highest BCUT2D eigenvalue weighted by Gasteiger charge is 2.22. The van der Waals surface area contributed by atoms with Crippen LogP contribution in [0.2, 0.25) is 5.02 Å². The van der Waals surface area contributed by atoms with E-state index in [9.17, 15) is 9.59 Å². The van der Waals surface area contributed by atoms with E-state index >= 15 is 0 Å². The summed E-state index contributed by atoms with van der Waals surface area (Å²) in [7, 11) is 0. The summed E-state index contributed by atoms with van der Waals surface area (Å²) in [6, 6.07) is 23.1. The van der Waals surface area contributed by atoms with Gasteiger partial charge in [-0.2, -0.15) is 0 Å². The van der Waals surface area contributed by atoms with Crippen molar-refractivity contribution in [2.45, 2.75) is 13.3 Å². The molecule has 1 aliphatic rings. The number of carbonyl (C=O) groups is 2. The van der Waals surface area contributed by atoms with Gasteiger partial charge in [-0.3, -0.25) is 9.59 Å². The van der Waals surface area contributed by atoms with Crippen molar-refractivity contribution < 1.29 is 9.59 Å². The van der Waals surface area contributed by atoms with Crippen molar-refractivity contribution >= 4 is 34.8 Å². The average molecular weight is 448 g/mol. The number of nitrogens with zero attached hydrogens (tertiary/aromatic N) is 2. The molecule has 1 saturated heterocycles. The van der Waals surface area contributed by atoms with E-state index in [0.717, 1.165) is 16.8 Å². The van der Waals surface area contributed by atoms with E-state index in [-0.39, 0.29) is 11.8 Å². The lowest BCUT2D eigenvalue weighted by Crippen LogP contribution is -2.48. The summed E-state index contributed by atoms with van der Waals surface area (Å²) in [4.78, 5) is 29.0. The lowest BCUT2D eigenvalue weighted by Gasteiger charge is -2.37. The van der Waals surface area contributed by atoms with E-state index in [1.165, 1.54) is 0 Å². The largest absolute Gasteiger partial charge is 0.366 e. The van der Waals surface area contributed by atoms with Crippen LogP contribution in [0, 0.1) is 0 Å². The zero-order valence-electron chi connectivity index (χ0n) is 18.1. The molecule has 1 aliphatic heterocycles. The third-order valence-corrected chi connectivity index (χ3v) is 5.97. The molecule has 0 aliphatic carbocycles. The highest BCUT2D eigenvalue weighted by molar-refractivity contribution is 6.31. The van der Waals surface area contributed by atoms with Crippen LogP contribution in [0.25, 0.3) is 11.1 Å². The molecule has 0 atom stereocenters. The van der Waals surface area contributed by atoms with Crippen molar-refractivity contribution in [3.05, 3.63) is 83.4 Å². The SMILES string of the molecule is CCC(=O)N1CCN(c2ccc(Cl)cc2NC(=O)c2ccc(-c3ccccc3)cc2)CC1. The van der Waals surface area contributed by atoms with Crippen LogP contribution in [0.1, 0.15) is 23.7 Å². The first-order chi connectivity index (χ1) is 15.5. The Kier molecular flexibility index (Phi) is 6.76. The molecule has 32 heavy (non-hydrogen) atoms. The molecule has 0 spiro atoms. The normalized spacial score (nSPS) is 13.7. The summed E-state index contributed by atoms with van der Waals surface area (Å²) in [5.41, 5.74) is 4.33. The lowest BCUT2D eigenvalue weighted by molar-refractivity contribution is -0.131. The quantitative estimate of drug-likeness (QED) is 0.576. The van der Waals surface area contributed by atoms with Gasteiger partial charge in [0.2, 0.25) is 5.91 Å². The highest BCUT2D eigenvalue weighted by atomic mass is 35.5. The number of amides is 2. The van der Waals surface area contributed by atoms with Crippen molar-refractivity contribution in [3.8, 4) is 11.1 Å². The van der Waals surface area contributed by atoms with Gasteiger partial charge in [-0.25, -0.2) is 0 Å². The van der Waals surface area contributed by atoms with Gasteiger partial charge in [0.25, 0.3) is 5.91 Å².